The van der Waals surface area contributed by atoms with Gasteiger partial charge in [-0.1, -0.05) is 76.2 Å². The van der Waals surface area contributed by atoms with E-state index in [1.165, 1.54) is 11.1 Å². The van der Waals surface area contributed by atoms with Crippen molar-refractivity contribution in [3.05, 3.63) is 65.2 Å². The van der Waals surface area contributed by atoms with Crippen LogP contribution in [-0.2, 0) is 6.54 Å². The van der Waals surface area contributed by atoms with Crippen LogP contribution in [0, 0.1) is 0 Å². The van der Waals surface area contributed by atoms with E-state index in [1.54, 1.807) is 0 Å². The second-order valence-electron chi connectivity index (χ2n) is 8.26. The Morgan fingerprint density at radius 3 is 1.93 bits per heavy atom. The first-order chi connectivity index (χ1) is 13.3. The van der Waals surface area contributed by atoms with Crippen LogP contribution in [-0.4, -0.2) is 43.0 Å². The van der Waals surface area contributed by atoms with Gasteiger partial charge in [-0.25, -0.2) is 4.79 Å². The lowest BCUT2D eigenvalue weighted by atomic mass is 9.93. The summed E-state index contributed by atoms with van der Waals surface area (Å²) in [6.07, 6.45) is 0. The summed E-state index contributed by atoms with van der Waals surface area (Å²) in [4.78, 5) is 17.3. The molecule has 0 radical (unpaired) electrons. The summed E-state index contributed by atoms with van der Waals surface area (Å²) in [6, 6.07) is 16.5. The van der Waals surface area contributed by atoms with Crippen LogP contribution in [0.3, 0.4) is 0 Å². The Morgan fingerprint density at radius 1 is 0.857 bits per heavy atom. The predicted octanol–water partition coefficient (Wildman–Crippen LogP) is 5.53. The molecule has 0 saturated heterocycles. The Bertz CT molecular complexity index is 727. The van der Waals surface area contributed by atoms with Crippen LogP contribution >= 0.6 is 0 Å². The lowest BCUT2D eigenvalue weighted by Gasteiger charge is -2.27. The highest BCUT2D eigenvalue weighted by atomic mass is 16.2. The Morgan fingerprint density at radius 2 is 1.43 bits per heavy atom. The van der Waals surface area contributed by atoms with Gasteiger partial charge in [-0.15, -0.1) is 0 Å². The molecule has 0 heterocycles. The molecule has 0 bridgehead atoms. The number of likely N-dealkylation sites (N-methyl/N-ethyl adjacent to an activating group) is 1. The van der Waals surface area contributed by atoms with Crippen LogP contribution in [0.5, 0.6) is 0 Å². The van der Waals surface area contributed by atoms with Gasteiger partial charge in [-0.05, 0) is 42.6 Å². The normalized spacial score (nSPS) is 11.3. The summed E-state index contributed by atoms with van der Waals surface area (Å²) in [5.74, 6) is 0.691. The van der Waals surface area contributed by atoms with Gasteiger partial charge in [0.05, 0.1) is 0 Å². The minimum atomic E-state index is -0.0410. The van der Waals surface area contributed by atoms with Gasteiger partial charge in [-0.2, -0.15) is 0 Å². The third-order valence-corrected chi connectivity index (χ3v) is 4.93. The molecule has 0 spiro atoms. The maximum atomic E-state index is 13.3. The first kappa shape index (κ1) is 22.0. The monoisotopic (exact) mass is 381 g/mol. The Labute approximate surface area is 170 Å². The largest absolute Gasteiger partial charge is 0.322 e. The van der Waals surface area contributed by atoms with Crippen LogP contribution < -0.4 is 5.32 Å². The van der Waals surface area contributed by atoms with Gasteiger partial charge in [0.1, 0.15) is 0 Å². The number of hydrogen-bond donors (Lipinski definition) is 1. The lowest BCUT2D eigenvalue weighted by Crippen LogP contribution is -2.39. The van der Waals surface area contributed by atoms with E-state index in [1.807, 2.05) is 37.2 Å². The molecule has 0 unspecified atom stereocenters. The Kier molecular flexibility index (Phi) is 8.06. The number of anilines is 1. The molecule has 0 aromatic heterocycles. The van der Waals surface area contributed by atoms with E-state index >= 15 is 0 Å². The number of rotatable bonds is 8. The fraction of sp³-hybridized carbons (Fsp3) is 0.458. The Hall–Kier alpha value is -2.33. The summed E-state index contributed by atoms with van der Waals surface area (Å²) in [7, 11) is 4.06. The minimum absolute atomic E-state index is 0.0410. The van der Waals surface area contributed by atoms with E-state index in [0.717, 1.165) is 17.8 Å². The smallest absolute Gasteiger partial charge is 0.319 e. The number of nitrogens with zero attached hydrogens (tertiary/aromatic N) is 2. The average Bonchev–Trinajstić information content (AvgIpc) is 2.65. The van der Waals surface area contributed by atoms with Crippen LogP contribution in [0.1, 0.15) is 56.2 Å². The van der Waals surface area contributed by atoms with Crippen molar-refractivity contribution in [3.63, 3.8) is 0 Å². The van der Waals surface area contributed by atoms with Gasteiger partial charge in [0.15, 0.2) is 0 Å². The molecule has 0 atom stereocenters. The molecule has 28 heavy (non-hydrogen) atoms. The highest BCUT2D eigenvalue weighted by molar-refractivity contribution is 5.91. The van der Waals surface area contributed by atoms with Crippen molar-refractivity contribution >= 4 is 11.7 Å². The minimum Gasteiger partial charge on any atom is -0.319 e. The van der Waals surface area contributed by atoms with Crippen LogP contribution in [0.25, 0.3) is 0 Å². The fourth-order valence-electron chi connectivity index (χ4n) is 3.26. The molecule has 0 aliphatic rings. The molecule has 4 heteroatoms. The van der Waals surface area contributed by atoms with Gasteiger partial charge in [-0.3, -0.25) is 0 Å². The molecule has 4 nitrogen and oxygen atoms in total. The van der Waals surface area contributed by atoms with Crippen LogP contribution in [0.4, 0.5) is 10.5 Å². The van der Waals surface area contributed by atoms with Crippen molar-refractivity contribution in [1.82, 2.24) is 9.80 Å². The van der Waals surface area contributed by atoms with Gasteiger partial charge >= 0.3 is 6.03 Å². The summed E-state index contributed by atoms with van der Waals surface area (Å²) >= 11 is 0. The second kappa shape index (κ2) is 10.3. The van der Waals surface area contributed by atoms with Gasteiger partial charge < -0.3 is 15.1 Å². The van der Waals surface area contributed by atoms with E-state index < -0.39 is 0 Å². The third kappa shape index (κ3) is 6.10. The first-order valence-corrected chi connectivity index (χ1v) is 10.2. The Balaban J connectivity index is 2.29. The van der Waals surface area contributed by atoms with E-state index in [0.29, 0.717) is 24.9 Å². The number of benzene rings is 2. The van der Waals surface area contributed by atoms with Crippen LogP contribution in [0.15, 0.2) is 48.5 Å². The van der Waals surface area contributed by atoms with Crippen molar-refractivity contribution in [2.45, 2.75) is 46.1 Å². The fourth-order valence-corrected chi connectivity index (χ4v) is 3.26. The second-order valence-corrected chi connectivity index (χ2v) is 8.26. The number of hydrogen-bond acceptors (Lipinski definition) is 2. The van der Waals surface area contributed by atoms with Crippen molar-refractivity contribution in [3.8, 4) is 0 Å². The zero-order valence-electron chi connectivity index (χ0n) is 18.2. The number of carbonyl (C=O) groups excluding carboxylic acids is 1. The molecule has 2 rings (SSSR count). The molecule has 2 amide bonds. The van der Waals surface area contributed by atoms with Crippen molar-refractivity contribution < 1.29 is 4.79 Å². The zero-order valence-corrected chi connectivity index (χ0v) is 18.2. The molecule has 0 aliphatic heterocycles. The molecule has 1 N–H and O–H groups in total. The van der Waals surface area contributed by atoms with Gasteiger partial charge in [0.2, 0.25) is 0 Å². The van der Waals surface area contributed by atoms with Gasteiger partial charge in [0.25, 0.3) is 0 Å². The molecule has 0 aliphatic carbocycles. The number of carbonyl (C=O) groups is 1. The molecule has 2 aromatic rings. The molecule has 0 fully saturated rings. The lowest BCUT2D eigenvalue weighted by molar-refractivity contribution is 0.202. The van der Waals surface area contributed by atoms with Crippen molar-refractivity contribution in [1.29, 1.82) is 0 Å². The number of nitrogens with one attached hydrogen (secondary N) is 1. The zero-order chi connectivity index (χ0) is 20.7. The van der Waals surface area contributed by atoms with Gasteiger partial charge in [0, 0.05) is 25.3 Å². The summed E-state index contributed by atoms with van der Waals surface area (Å²) in [6.45, 7) is 10.8. The summed E-state index contributed by atoms with van der Waals surface area (Å²) < 4.78 is 0. The van der Waals surface area contributed by atoms with E-state index in [2.05, 4.69) is 68.2 Å². The molecular formula is C24H35N3O. The number of para-hydroxylation sites is 1. The molecule has 2 aromatic carbocycles. The van der Waals surface area contributed by atoms with Crippen molar-refractivity contribution in [2.24, 2.45) is 0 Å². The number of amides is 2. The van der Waals surface area contributed by atoms with E-state index in [-0.39, 0.29) is 6.03 Å². The topological polar surface area (TPSA) is 35.6 Å². The molecule has 152 valence electrons. The summed E-state index contributed by atoms with van der Waals surface area (Å²) in [5.41, 5.74) is 4.48. The third-order valence-electron chi connectivity index (χ3n) is 4.93. The molecule has 0 saturated carbocycles. The van der Waals surface area contributed by atoms with E-state index in [4.69, 9.17) is 0 Å². The van der Waals surface area contributed by atoms with E-state index in [9.17, 15) is 4.79 Å². The summed E-state index contributed by atoms with van der Waals surface area (Å²) in [5, 5.41) is 3.25. The SMILES string of the molecule is CC(C)c1cccc(C(C)C)c1NC(=O)N(CCN(C)C)Cc1ccccc1. The maximum absolute atomic E-state index is 13.3. The standard InChI is InChI=1S/C24H35N3O/c1-18(2)21-13-10-14-22(19(3)4)23(21)25-24(28)27(16-15-26(5)6)17-20-11-8-7-9-12-20/h7-14,18-19H,15-17H2,1-6H3,(H,25,28). The number of urea groups is 1. The highest BCUT2D eigenvalue weighted by Crippen LogP contribution is 2.32. The van der Waals surface area contributed by atoms with Crippen LogP contribution in [0.2, 0.25) is 0 Å². The van der Waals surface area contributed by atoms with Crippen molar-refractivity contribution in [2.75, 3.05) is 32.5 Å². The average molecular weight is 382 g/mol. The first-order valence-electron chi connectivity index (χ1n) is 10.2. The highest BCUT2D eigenvalue weighted by Gasteiger charge is 2.20. The predicted molar refractivity (Wildman–Crippen MR) is 119 cm³/mol. The molecular weight excluding hydrogens is 346 g/mol. The quantitative estimate of drug-likeness (QED) is 0.652. The maximum Gasteiger partial charge on any atom is 0.322 e.